The minimum atomic E-state index is -1.27. The molecule has 0 bridgehead atoms. The van der Waals surface area contributed by atoms with Gasteiger partial charge in [0.1, 0.15) is 11.6 Å². The standard InChI is InChI=1S/C15H29NO3Si/c1-10-11(16-13(17)18-15(5,6)7)12(14(2,3)4)19-20(8)9/h1,11-12,20H,2-9H3,(H,16,17). The Kier molecular flexibility index (Phi) is 6.79. The SMILES string of the molecule is C#CC(NC(=O)OC(C)(C)C)C(O[SiH](C)C)C(C)(C)C. The highest BCUT2D eigenvalue weighted by Gasteiger charge is 2.34. The number of hydrogen-bond acceptors (Lipinski definition) is 3. The lowest BCUT2D eigenvalue weighted by Crippen LogP contribution is -2.51. The average molecular weight is 299 g/mol. The molecule has 4 nitrogen and oxygen atoms in total. The van der Waals surface area contributed by atoms with Crippen molar-refractivity contribution in [1.29, 1.82) is 0 Å². The van der Waals surface area contributed by atoms with Crippen molar-refractivity contribution < 1.29 is 14.0 Å². The first kappa shape index (κ1) is 19.0. The Morgan fingerprint density at radius 1 is 1.20 bits per heavy atom. The van der Waals surface area contributed by atoms with Gasteiger partial charge in [0, 0.05) is 0 Å². The van der Waals surface area contributed by atoms with E-state index < -0.39 is 26.8 Å². The van der Waals surface area contributed by atoms with Crippen molar-refractivity contribution in [3.8, 4) is 12.3 Å². The first-order valence-electron chi connectivity index (χ1n) is 6.98. The van der Waals surface area contributed by atoms with Crippen LogP contribution in [0.5, 0.6) is 0 Å². The van der Waals surface area contributed by atoms with Gasteiger partial charge in [0.2, 0.25) is 0 Å². The lowest BCUT2D eigenvalue weighted by Gasteiger charge is -2.36. The molecular weight excluding hydrogens is 270 g/mol. The summed E-state index contributed by atoms with van der Waals surface area (Å²) in [6.07, 6.45) is 4.83. The number of alkyl carbamates (subject to hydrolysis) is 1. The van der Waals surface area contributed by atoms with Gasteiger partial charge in [-0.15, -0.1) is 6.42 Å². The van der Waals surface area contributed by atoms with Crippen LogP contribution in [0, 0.1) is 17.8 Å². The third-order valence-corrected chi connectivity index (χ3v) is 3.26. The Morgan fingerprint density at radius 3 is 2.00 bits per heavy atom. The Hall–Kier alpha value is -0.993. The number of hydrogen-bond donors (Lipinski definition) is 1. The zero-order chi connectivity index (χ0) is 16.1. The van der Waals surface area contributed by atoms with Crippen molar-refractivity contribution >= 4 is 15.1 Å². The summed E-state index contributed by atoms with van der Waals surface area (Å²) in [5, 5.41) is 2.74. The van der Waals surface area contributed by atoms with E-state index in [0.717, 1.165) is 0 Å². The monoisotopic (exact) mass is 299 g/mol. The molecule has 0 fully saturated rings. The largest absolute Gasteiger partial charge is 0.444 e. The summed E-state index contributed by atoms with van der Waals surface area (Å²) in [4.78, 5) is 11.9. The lowest BCUT2D eigenvalue weighted by molar-refractivity contribution is 0.0350. The molecule has 20 heavy (non-hydrogen) atoms. The molecule has 1 N–H and O–H groups in total. The van der Waals surface area contributed by atoms with Crippen LogP contribution in [-0.2, 0) is 9.16 Å². The van der Waals surface area contributed by atoms with Crippen LogP contribution >= 0.6 is 0 Å². The van der Waals surface area contributed by atoms with Gasteiger partial charge in [-0.3, -0.25) is 0 Å². The van der Waals surface area contributed by atoms with Crippen molar-refractivity contribution in [3.63, 3.8) is 0 Å². The molecule has 2 atom stereocenters. The van der Waals surface area contributed by atoms with Gasteiger partial charge in [0.25, 0.3) is 0 Å². The van der Waals surface area contributed by atoms with E-state index in [0.29, 0.717) is 0 Å². The van der Waals surface area contributed by atoms with E-state index in [1.807, 2.05) is 20.8 Å². The van der Waals surface area contributed by atoms with Crippen LogP contribution in [0.4, 0.5) is 4.79 Å². The molecule has 5 heteroatoms. The highest BCUT2D eigenvalue weighted by molar-refractivity contribution is 6.48. The van der Waals surface area contributed by atoms with E-state index in [1.165, 1.54) is 0 Å². The van der Waals surface area contributed by atoms with E-state index >= 15 is 0 Å². The molecule has 0 saturated carbocycles. The molecule has 2 unspecified atom stereocenters. The molecule has 0 saturated heterocycles. The van der Waals surface area contributed by atoms with Crippen LogP contribution in [0.3, 0.4) is 0 Å². The minimum Gasteiger partial charge on any atom is -0.444 e. The topological polar surface area (TPSA) is 47.6 Å². The molecule has 0 radical (unpaired) electrons. The predicted molar refractivity (Wildman–Crippen MR) is 85.2 cm³/mol. The number of carbonyl (C=O) groups excluding carboxylic acids is 1. The van der Waals surface area contributed by atoms with Gasteiger partial charge in [0.15, 0.2) is 9.04 Å². The molecule has 0 rings (SSSR count). The Morgan fingerprint density at radius 2 is 1.70 bits per heavy atom. The van der Waals surface area contributed by atoms with Crippen LogP contribution in [-0.4, -0.2) is 32.9 Å². The molecule has 0 aliphatic rings. The molecule has 0 aromatic rings. The molecule has 0 heterocycles. The molecule has 0 aromatic heterocycles. The maximum Gasteiger partial charge on any atom is 0.408 e. The van der Waals surface area contributed by atoms with Gasteiger partial charge in [-0.05, 0) is 39.3 Å². The predicted octanol–water partition coefficient (Wildman–Crippen LogP) is 2.93. The quantitative estimate of drug-likeness (QED) is 0.641. The van der Waals surface area contributed by atoms with Crippen LogP contribution in [0.15, 0.2) is 0 Å². The summed E-state index contributed by atoms with van der Waals surface area (Å²) >= 11 is 0. The number of rotatable bonds is 4. The Labute approximate surface area is 125 Å². The van der Waals surface area contributed by atoms with Gasteiger partial charge in [-0.25, -0.2) is 4.79 Å². The number of nitrogens with one attached hydrogen (secondary N) is 1. The van der Waals surface area contributed by atoms with Crippen LogP contribution in [0.2, 0.25) is 13.1 Å². The fourth-order valence-corrected chi connectivity index (χ4v) is 2.87. The van der Waals surface area contributed by atoms with E-state index in [2.05, 4.69) is 45.1 Å². The summed E-state index contributed by atoms with van der Waals surface area (Å²) in [5.74, 6) is 2.62. The van der Waals surface area contributed by atoms with Gasteiger partial charge < -0.3 is 14.5 Å². The fourth-order valence-electron chi connectivity index (χ4n) is 1.72. The number of terminal acetylenes is 1. The third-order valence-electron chi connectivity index (χ3n) is 2.43. The number of amides is 1. The summed E-state index contributed by atoms with van der Waals surface area (Å²) in [6.45, 7) is 15.8. The van der Waals surface area contributed by atoms with Crippen LogP contribution in [0.25, 0.3) is 0 Å². The van der Waals surface area contributed by atoms with Gasteiger partial charge in [-0.1, -0.05) is 26.7 Å². The molecule has 1 amide bonds. The maximum absolute atomic E-state index is 11.9. The van der Waals surface area contributed by atoms with Gasteiger partial charge in [-0.2, -0.15) is 0 Å². The molecule has 0 spiro atoms. The highest BCUT2D eigenvalue weighted by Crippen LogP contribution is 2.26. The third kappa shape index (κ3) is 7.56. The smallest absolute Gasteiger partial charge is 0.408 e. The van der Waals surface area contributed by atoms with Crippen LogP contribution < -0.4 is 5.32 Å². The summed E-state index contributed by atoms with van der Waals surface area (Å²) in [5.41, 5.74) is -0.711. The maximum atomic E-state index is 11.9. The van der Waals surface area contributed by atoms with Crippen LogP contribution in [0.1, 0.15) is 41.5 Å². The first-order chi connectivity index (χ1) is 8.86. The van der Waals surface area contributed by atoms with Gasteiger partial charge >= 0.3 is 6.09 Å². The van der Waals surface area contributed by atoms with Crippen molar-refractivity contribution in [2.75, 3.05) is 0 Å². The van der Waals surface area contributed by atoms with Gasteiger partial charge in [0.05, 0.1) is 6.10 Å². The number of ether oxygens (including phenoxy) is 1. The summed E-state index contributed by atoms with van der Waals surface area (Å²) in [6, 6.07) is -0.500. The summed E-state index contributed by atoms with van der Waals surface area (Å²) < 4.78 is 11.3. The molecule has 116 valence electrons. The van der Waals surface area contributed by atoms with Crippen molar-refractivity contribution in [1.82, 2.24) is 5.32 Å². The summed E-state index contributed by atoms with van der Waals surface area (Å²) in [7, 11) is -1.27. The Bertz CT molecular complexity index is 361. The fraction of sp³-hybridized carbons (Fsp3) is 0.800. The van der Waals surface area contributed by atoms with E-state index in [9.17, 15) is 4.79 Å². The van der Waals surface area contributed by atoms with E-state index in [1.54, 1.807) is 0 Å². The van der Waals surface area contributed by atoms with E-state index in [4.69, 9.17) is 15.6 Å². The zero-order valence-electron chi connectivity index (χ0n) is 14.0. The lowest BCUT2D eigenvalue weighted by atomic mass is 9.85. The first-order valence-corrected chi connectivity index (χ1v) is 9.76. The molecule has 0 aliphatic heterocycles. The number of carbonyl (C=O) groups is 1. The molecular formula is C15H29NO3Si. The zero-order valence-corrected chi connectivity index (χ0v) is 15.2. The van der Waals surface area contributed by atoms with Crippen molar-refractivity contribution in [2.45, 2.75) is 72.4 Å². The minimum absolute atomic E-state index is 0.163. The average Bonchev–Trinajstić information content (AvgIpc) is 2.18. The second-order valence-electron chi connectivity index (χ2n) is 7.26. The molecule has 0 aliphatic carbocycles. The Balaban J connectivity index is 4.94. The highest BCUT2D eigenvalue weighted by atomic mass is 28.3. The second-order valence-corrected chi connectivity index (χ2v) is 9.63. The molecule has 0 aromatic carbocycles. The van der Waals surface area contributed by atoms with E-state index in [-0.39, 0.29) is 11.5 Å². The van der Waals surface area contributed by atoms with Crippen molar-refractivity contribution in [3.05, 3.63) is 0 Å². The van der Waals surface area contributed by atoms with Crippen molar-refractivity contribution in [2.24, 2.45) is 5.41 Å². The normalized spacial score (nSPS) is 15.4. The second kappa shape index (κ2) is 7.14.